The normalized spacial score (nSPS) is 11.0. The van der Waals surface area contributed by atoms with E-state index in [9.17, 15) is 18.0 Å². The Kier molecular flexibility index (Phi) is 7.57. The molecule has 0 aromatic heterocycles. The van der Waals surface area contributed by atoms with Crippen LogP contribution in [0, 0.1) is 0 Å². The molecule has 0 saturated heterocycles. The monoisotopic (exact) mass is 421 g/mol. The van der Waals surface area contributed by atoms with Gasteiger partial charge < -0.3 is 9.47 Å². The highest BCUT2D eigenvalue weighted by molar-refractivity contribution is 7.89. The number of nitrogens with one attached hydrogen (secondary N) is 2. The van der Waals surface area contributed by atoms with Crippen LogP contribution in [0.5, 0.6) is 11.5 Å². The topological polar surface area (TPSA) is 114 Å². The van der Waals surface area contributed by atoms with Crippen molar-refractivity contribution in [2.45, 2.75) is 11.8 Å². The molecular formula is C19H23N3O6S. The second kappa shape index (κ2) is 9.89. The first kappa shape index (κ1) is 22.2. The van der Waals surface area contributed by atoms with Crippen molar-refractivity contribution in [1.82, 2.24) is 15.2 Å². The van der Waals surface area contributed by atoms with Gasteiger partial charge in [0.2, 0.25) is 10.0 Å². The predicted octanol–water partition coefficient (Wildman–Crippen LogP) is 1.18. The van der Waals surface area contributed by atoms with Gasteiger partial charge in [0.25, 0.3) is 11.8 Å². The minimum absolute atomic E-state index is 0.0275. The molecule has 29 heavy (non-hydrogen) atoms. The van der Waals surface area contributed by atoms with Crippen molar-refractivity contribution in [2.75, 3.05) is 27.3 Å². The highest BCUT2D eigenvalue weighted by atomic mass is 32.2. The number of hydrogen-bond donors (Lipinski definition) is 2. The van der Waals surface area contributed by atoms with Crippen LogP contribution < -0.4 is 20.3 Å². The summed E-state index contributed by atoms with van der Waals surface area (Å²) in [6.07, 6.45) is 0. The van der Waals surface area contributed by atoms with Gasteiger partial charge in [-0.05, 0) is 49.4 Å². The molecule has 0 atom stereocenters. The maximum atomic E-state index is 12.2. The molecular weight excluding hydrogens is 398 g/mol. The maximum Gasteiger partial charge on any atom is 0.276 e. The van der Waals surface area contributed by atoms with E-state index < -0.39 is 21.8 Å². The van der Waals surface area contributed by atoms with E-state index in [2.05, 4.69) is 10.9 Å². The average molecular weight is 421 g/mol. The highest BCUT2D eigenvalue weighted by Gasteiger charge is 2.19. The van der Waals surface area contributed by atoms with E-state index in [4.69, 9.17) is 9.47 Å². The standard InChI is InChI=1S/C19H23N3O6S/c1-4-27-15-8-10-16(11-9-15)28-13-18(23)20-21-19(24)14-6-5-7-17(12-14)29(25,26)22(2)3/h5-12H,4,13H2,1-3H3,(H,20,23)(H,21,24). The SMILES string of the molecule is CCOc1ccc(OCC(=O)NNC(=O)c2cccc(S(=O)(=O)N(C)C)c2)cc1. The number of benzene rings is 2. The van der Waals surface area contributed by atoms with Crippen molar-refractivity contribution >= 4 is 21.8 Å². The fraction of sp³-hybridized carbons (Fsp3) is 0.263. The molecule has 0 radical (unpaired) electrons. The Balaban J connectivity index is 1.88. The summed E-state index contributed by atoms with van der Waals surface area (Å²) in [6.45, 7) is 2.11. The number of hydrazine groups is 1. The zero-order chi connectivity index (χ0) is 21.4. The first-order valence-electron chi connectivity index (χ1n) is 8.71. The number of carbonyl (C=O) groups excluding carboxylic acids is 2. The summed E-state index contributed by atoms with van der Waals surface area (Å²) < 4.78 is 36.0. The molecule has 10 heteroatoms. The van der Waals surface area contributed by atoms with Crippen LogP contribution in [0.3, 0.4) is 0 Å². The van der Waals surface area contributed by atoms with Crippen LogP contribution in [0.2, 0.25) is 0 Å². The van der Waals surface area contributed by atoms with Crippen molar-refractivity contribution in [3.05, 3.63) is 54.1 Å². The van der Waals surface area contributed by atoms with Gasteiger partial charge in [0.15, 0.2) is 6.61 Å². The quantitative estimate of drug-likeness (QED) is 0.619. The lowest BCUT2D eigenvalue weighted by Crippen LogP contribution is -2.43. The molecule has 2 aromatic carbocycles. The highest BCUT2D eigenvalue weighted by Crippen LogP contribution is 2.17. The lowest BCUT2D eigenvalue weighted by atomic mass is 10.2. The maximum absolute atomic E-state index is 12.2. The van der Waals surface area contributed by atoms with E-state index in [-0.39, 0.29) is 17.1 Å². The number of ether oxygens (including phenoxy) is 2. The molecule has 0 saturated carbocycles. The Morgan fingerprint density at radius 2 is 1.59 bits per heavy atom. The number of rotatable bonds is 8. The number of sulfonamides is 1. The fourth-order valence-electron chi connectivity index (χ4n) is 2.19. The molecule has 0 spiro atoms. The van der Waals surface area contributed by atoms with Crippen LogP contribution >= 0.6 is 0 Å². The smallest absolute Gasteiger partial charge is 0.276 e. The van der Waals surface area contributed by atoms with E-state index in [1.807, 2.05) is 6.92 Å². The van der Waals surface area contributed by atoms with Crippen molar-refractivity contribution in [3.63, 3.8) is 0 Å². The molecule has 0 heterocycles. The number of amides is 2. The Bertz CT molecular complexity index is 958. The van der Waals surface area contributed by atoms with Crippen molar-refractivity contribution in [1.29, 1.82) is 0 Å². The molecule has 2 aromatic rings. The van der Waals surface area contributed by atoms with Gasteiger partial charge in [-0.3, -0.25) is 20.4 Å². The van der Waals surface area contributed by atoms with Crippen LogP contribution in [0.1, 0.15) is 17.3 Å². The van der Waals surface area contributed by atoms with Crippen LogP contribution in [-0.2, 0) is 14.8 Å². The second-order valence-electron chi connectivity index (χ2n) is 6.01. The zero-order valence-corrected chi connectivity index (χ0v) is 17.2. The second-order valence-corrected chi connectivity index (χ2v) is 8.16. The first-order valence-corrected chi connectivity index (χ1v) is 10.2. The van der Waals surface area contributed by atoms with E-state index in [1.165, 1.54) is 38.4 Å². The number of nitrogens with zero attached hydrogens (tertiary/aromatic N) is 1. The van der Waals surface area contributed by atoms with Gasteiger partial charge in [0, 0.05) is 19.7 Å². The van der Waals surface area contributed by atoms with Gasteiger partial charge >= 0.3 is 0 Å². The van der Waals surface area contributed by atoms with E-state index in [0.29, 0.717) is 18.1 Å². The van der Waals surface area contributed by atoms with Crippen LogP contribution in [0.15, 0.2) is 53.4 Å². The molecule has 2 rings (SSSR count). The van der Waals surface area contributed by atoms with E-state index >= 15 is 0 Å². The van der Waals surface area contributed by atoms with Gasteiger partial charge in [-0.2, -0.15) is 0 Å². The zero-order valence-electron chi connectivity index (χ0n) is 16.3. The van der Waals surface area contributed by atoms with Gasteiger partial charge in [-0.25, -0.2) is 12.7 Å². The Morgan fingerprint density at radius 3 is 2.17 bits per heavy atom. The molecule has 9 nitrogen and oxygen atoms in total. The van der Waals surface area contributed by atoms with E-state index in [0.717, 1.165) is 4.31 Å². The summed E-state index contributed by atoms with van der Waals surface area (Å²) >= 11 is 0. The third kappa shape index (κ3) is 6.19. The molecule has 2 N–H and O–H groups in total. The molecule has 0 aliphatic rings. The molecule has 0 aliphatic heterocycles. The molecule has 0 aliphatic carbocycles. The average Bonchev–Trinajstić information content (AvgIpc) is 2.71. The van der Waals surface area contributed by atoms with Crippen LogP contribution in [0.4, 0.5) is 0 Å². The summed E-state index contributed by atoms with van der Waals surface area (Å²) in [7, 11) is -0.882. The molecule has 0 fully saturated rings. The number of carbonyl (C=O) groups is 2. The summed E-state index contributed by atoms with van der Waals surface area (Å²) in [5.41, 5.74) is 4.52. The molecule has 0 unspecified atom stereocenters. The summed E-state index contributed by atoms with van der Waals surface area (Å²) in [5.74, 6) is -0.0777. The third-order valence-electron chi connectivity index (χ3n) is 3.69. The number of hydrogen-bond acceptors (Lipinski definition) is 6. The molecule has 2 amide bonds. The van der Waals surface area contributed by atoms with Crippen LogP contribution in [-0.4, -0.2) is 51.8 Å². The van der Waals surface area contributed by atoms with E-state index in [1.54, 1.807) is 24.3 Å². The van der Waals surface area contributed by atoms with Gasteiger partial charge in [-0.1, -0.05) is 6.07 Å². The van der Waals surface area contributed by atoms with Crippen LogP contribution in [0.25, 0.3) is 0 Å². The van der Waals surface area contributed by atoms with Crippen molar-refractivity contribution < 1.29 is 27.5 Å². The first-order chi connectivity index (χ1) is 13.7. The Hall–Kier alpha value is -3.11. The summed E-state index contributed by atoms with van der Waals surface area (Å²) in [4.78, 5) is 24.0. The Labute approximate surface area is 169 Å². The van der Waals surface area contributed by atoms with Gasteiger partial charge in [0.05, 0.1) is 11.5 Å². The fourth-order valence-corrected chi connectivity index (χ4v) is 3.14. The molecule has 0 bridgehead atoms. The Morgan fingerprint density at radius 1 is 0.966 bits per heavy atom. The van der Waals surface area contributed by atoms with Crippen molar-refractivity contribution in [2.24, 2.45) is 0 Å². The minimum Gasteiger partial charge on any atom is -0.494 e. The van der Waals surface area contributed by atoms with Crippen molar-refractivity contribution in [3.8, 4) is 11.5 Å². The van der Waals surface area contributed by atoms with Gasteiger partial charge in [0.1, 0.15) is 11.5 Å². The van der Waals surface area contributed by atoms with Gasteiger partial charge in [-0.15, -0.1) is 0 Å². The predicted molar refractivity (Wildman–Crippen MR) is 106 cm³/mol. The lowest BCUT2D eigenvalue weighted by molar-refractivity contribution is -0.123. The minimum atomic E-state index is -3.67. The summed E-state index contributed by atoms with van der Waals surface area (Å²) in [6, 6.07) is 12.2. The largest absolute Gasteiger partial charge is 0.494 e. The summed E-state index contributed by atoms with van der Waals surface area (Å²) in [5, 5.41) is 0. The molecule has 156 valence electrons. The third-order valence-corrected chi connectivity index (χ3v) is 5.51. The lowest BCUT2D eigenvalue weighted by Gasteiger charge is -2.12.